The molecule has 1 aliphatic heterocycles. The van der Waals surface area contributed by atoms with Gasteiger partial charge in [0.1, 0.15) is 17.4 Å². The standard InChI is InChI=1S/C35H41N3O7/c1-5-28(33(41)42)36-29-16-9-10-17-30(29)44-27-15-11-12-24(22-27)23-38(34(43)45-35(2,3)4)32(40)26-18-20-37(21-19-26)31(39)25-13-7-6-8-14-25/h6-17,22,26,28,36H,5,18-21,23H2,1-4H3,(H,41,42). The van der Waals surface area contributed by atoms with Crippen LogP contribution in [0.25, 0.3) is 0 Å². The zero-order valence-corrected chi connectivity index (χ0v) is 26.2. The largest absolute Gasteiger partial charge is 0.480 e. The van der Waals surface area contributed by atoms with Crippen molar-refractivity contribution in [2.24, 2.45) is 5.92 Å². The third-order valence-electron chi connectivity index (χ3n) is 7.42. The number of imide groups is 1. The molecule has 2 N–H and O–H groups in total. The van der Waals surface area contributed by atoms with Crippen molar-refractivity contribution >= 4 is 29.6 Å². The van der Waals surface area contributed by atoms with Gasteiger partial charge in [-0.1, -0.05) is 49.4 Å². The number of carbonyl (C=O) groups excluding carboxylic acids is 3. The number of anilines is 1. The number of likely N-dealkylation sites (tertiary alicyclic amines) is 1. The van der Waals surface area contributed by atoms with Gasteiger partial charge in [0.15, 0.2) is 5.75 Å². The molecule has 0 radical (unpaired) electrons. The number of ether oxygens (including phenoxy) is 2. The van der Waals surface area contributed by atoms with Gasteiger partial charge >= 0.3 is 12.1 Å². The molecule has 1 saturated heterocycles. The summed E-state index contributed by atoms with van der Waals surface area (Å²) in [4.78, 5) is 54.5. The van der Waals surface area contributed by atoms with Crippen LogP contribution in [0.15, 0.2) is 78.9 Å². The summed E-state index contributed by atoms with van der Waals surface area (Å²) in [6.45, 7) is 7.79. The Bertz CT molecular complexity index is 1490. The van der Waals surface area contributed by atoms with Gasteiger partial charge in [-0.15, -0.1) is 0 Å². The van der Waals surface area contributed by atoms with Crippen LogP contribution in [-0.2, 0) is 20.9 Å². The predicted molar refractivity (Wildman–Crippen MR) is 170 cm³/mol. The number of carboxylic acid groups (broad SMARTS) is 1. The highest BCUT2D eigenvalue weighted by molar-refractivity contribution is 5.95. The van der Waals surface area contributed by atoms with Crippen molar-refractivity contribution in [2.45, 2.75) is 65.1 Å². The molecule has 1 fully saturated rings. The zero-order chi connectivity index (χ0) is 32.6. The molecule has 1 unspecified atom stereocenters. The number of carbonyl (C=O) groups is 4. The van der Waals surface area contributed by atoms with Gasteiger partial charge in [0.2, 0.25) is 5.91 Å². The first kappa shape index (κ1) is 33.0. The molecule has 3 aromatic carbocycles. The molecule has 10 heteroatoms. The minimum absolute atomic E-state index is 0.0368. The average molecular weight is 616 g/mol. The van der Waals surface area contributed by atoms with Crippen LogP contribution in [0.3, 0.4) is 0 Å². The molecule has 238 valence electrons. The summed E-state index contributed by atoms with van der Waals surface area (Å²) in [7, 11) is 0. The summed E-state index contributed by atoms with van der Waals surface area (Å²) in [6.07, 6.45) is 0.503. The molecule has 4 rings (SSSR count). The Kier molecular flexibility index (Phi) is 10.8. The van der Waals surface area contributed by atoms with Gasteiger partial charge in [-0.05, 0) is 82.0 Å². The fourth-order valence-electron chi connectivity index (χ4n) is 5.08. The Morgan fingerprint density at radius 1 is 0.956 bits per heavy atom. The van der Waals surface area contributed by atoms with E-state index in [9.17, 15) is 24.3 Å². The quantitative estimate of drug-likeness (QED) is 0.262. The van der Waals surface area contributed by atoms with Crippen LogP contribution in [0.2, 0.25) is 0 Å². The number of piperidine rings is 1. The number of rotatable bonds is 10. The number of amides is 3. The van der Waals surface area contributed by atoms with Crippen molar-refractivity contribution in [3.63, 3.8) is 0 Å². The zero-order valence-electron chi connectivity index (χ0n) is 26.2. The molecule has 1 atom stereocenters. The van der Waals surface area contributed by atoms with Crippen molar-refractivity contribution in [1.82, 2.24) is 9.80 Å². The first-order valence-corrected chi connectivity index (χ1v) is 15.2. The molecule has 0 bridgehead atoms. The first-order valence-electron chi connectivity index (χ1n) is 15.2. The van der Waals surface area contributed by atoms with E-state index in [-0.39, 0.29) is 18.4 Å². The van der Waals surface area contributed by atoms with Crippen LogP contribution in [0, 0.1) is 5.92 Å². The van der Waals surface area contributed by atoms with Gasteiger partial charge in [0.05, 0.1) is 12.2 Å². The monoisotopic (exact) mass is 615 g/mol. The summed E-state index contributed by atoms with van der Waals surface area (Å²) in [5.41, 5.74) is 0.963. The third kappa shape index (κ3) is 9.07. The van der Waals surface area contributed by atoms with E-state index in [1.165, 1.54) is 0 Å². The topological polar surface area (TPSA) is 125 Å². The summed E-state index contributed by atoms with van der Waals surface area (Å²) >= 11 is 0. The Hall–Kier alpha value is -4.86. The number of para-hydroxylation sites is 2. The lowest BCUT2D eigenvalue weighted by atomic mass is 9.94. The molecule has 10 nitrogen and oxygen atoms in total. The summed E-state index contributed by atoms with van der Waals surface area (Å²) in [5, 5.41) is 12.5. The number of carboxylic acids is 1. The lowest BCUT2D eigenvalue weighted by Crippen LogP contribution is -2.47. The molecule has 3 amide bonds. The van der Waals surface area contributed by atoms with E-state index in [0.717, 1.165) is 4.90 Å². The Labute approximate surface area is 263 Å². The minimum atomic E-state index is -0.963. The van der Waals surface area contributed by atoms with Crippen molar-refractivity contribution in [3.05, 3.63) is 90.0 Å². The maximum absolute atomic E-state index is 13.8. The highest BCUT2D eigenvalue weighted by Gasteiger charge is 2.35. The van der Waals surface area contributed by atoms with Gasteiger partial charge in [-0.2, -0.15) is 0 Å². The van der Waals surface area contributed by atoms with E-state index < -0.39 is 29.6 Å². The molecule has 0 aromatic heterocycles. The molecule has 0 aliphatic carbocycles. The van der Waals surface area contributed by atoms with Gasteiger partial charge < -0.3 is 24.8 Å². The molecule has 3 aromatic rings. The number of nitrogens with zero attached hydrogens (tertiary/aromatic N) is 2. The predicted octanol–water partition coefficient (Wildman–Crippen LogP) is 6.57. The van der Waals surface area contributed by atoms with Gasteiger partial charge in [-0.3, -0.25) is 9.59 Å². The van der Waals surface area contributed by atoms with E-state index in [4.69, 9.17) is 9.47 Å². The summed E-state index contributed by atoms with van der Waals surface area (Å²) in [6, 6.07) is 22.3. The van der Waals surface area contributed by atoms with Gasteiger partial charge in [0, 0.05) is 24.6 Å². The maximum Gasteiger partial charge on any atom is 0.417 e. The molecule has 1 aliphatic rings. The van der Waals surface area contributed by atoms with Gasteiger partial charge in [-0.25, -0.2) is 14.5 Å². The molecule has 1 heterocycles. The Balaban J connectivity index is 1.49. The smallest absolute Gasteiger partial charge is 0.417 e. The van der Waals surface area contributed by atoms with Crippen LogP contribution in [0.5, 0.6) is 11.5 Å². The second-order valence-corrected chi connectivity index (χ2v) is 12.0. The SMILES string of the molecule is CCC(Nc1ccccc1Oc1cccc(CN(C(=O)OC(C)(C)C)C(=O)C2CCN(C(=O)c3ccccc3)CC2)c1)C(=O)O. The van der Waals surface area contributed by atoms with Gasteiger partial charge in [0.25, 0.3) is 5.91 Å². The molecule has 0 spiro atoms. The lowest BCUT2D eigenvalue weighted by Gasteiger charge is -2.34. The second kappa shape index (κ2) is 14.7. The van der Waals surface area contributed by atoms with E-state index in [0.29, 0.717) is 60.7 Å². The normalized spacial score (nSPS) is 14.3. The van der Waals surface area contributed by atoms with E-state index in [2.05, 4.69) is 5.32 Å². The summed E-state index contributed by atoms with van der Waals surface area (Å²) in [5.74, 6) is -0.950. The molecular weight excluding hydrogens is 574 g/mol. The molecular formula is C35H41N3O7. The van der Waals surface area contributed by atoms with E-state index in [1.54, 1.807) is 93.3 Å². The average Bonchev–Trinajstić information content (AvgIpc) is 3.02. The van der Waals surface area contributed by atoms with Crippen LogP contribution in [0.1, 0.15) is 62.9 Å². The fraction of sp³-hybridized carbons (Fsp3) is 0.371. The van der Waals surface area contributed by atoms with Crippen molar-refractivity contribution in [1.29, 1.82) is 0 Å². The minimum Gasteiger partial charge on any atom is -0.480 e. The summed E-state index contributed by atoms with van der Waals surface area (Å²) < 4.78 is 11.8. The highest BCUT2D eigenvalue weighted by atomic mass is 16.6. The highest BCUT2D eigenvalue weighted by Crippen LogP contribution is 2.31. The number of aliphatic carboxylic acids is 1. The maximum atomic E-state index is 13.8. The molecule has 0 saturated carbocycles. The van der Waals surface area contributed by atoms with Crippen LogP contribution in [0.4, 0.5) is 10.5 Å². The van der Waals surface area contributed by atoms with Crippen LogP contribution < -0.4 is 10.1 Å². The van der Waals surface area contributed by atoms with Crippen LogP contribution in [-0.4, -0.2) is 63.5 Å². The second-order valence-electron chi connectivity index (χ2n) is 12.0. The number of hydrogen-bond donors (Lipinski definition) is 2. The lowest BCUT2D eigenvalue weighted by molar-refractivity contribution is -0.138. The van der Waals surface area contributed by atoms with Crippen molar-refractivity contribution < 1.29 is 33.8 Å². The van der Waals surface area contributed by atoms with Crippen molar-refractivity contribution in [2.75, 3.05) is 18.4 Å². The Morgan fingerprint density at radius 2 is 1.62 bits per heavy atom. The fourth-order valence-corrected chi connectivity index (χ4v) is 5.08. The van der Waals surface area contributed by atoms with E-state index >= 15 is 0 Å². The Morgan fingerprint density at radius 3 is 2.27 bits per heavy atom. The van der Waals surface area contributed by atoms with Crippen molar-refractivity contribution in [3.8, 4) is 11.5 Å². The van der Waals surface area contributed by atoms with Crippen LogP contribution >= 0.6 is 0 Å². The first-order chi connectivity index (χ1) is 21.4. The number of benzene rings is 3. The number of hydrogen-bond acceptors (Lipinski definition) is 7. The number of nitrogens with one attached hydrogen (secondary N) is 1. The molecule has 45 heavy (non-hydrogen) atoms. The third-order valence-corrected chi connectivity index (χ3v) is 7.42. The van der Waals surface area contributed by atoms with E-state index in [1.807, 2.05) is 18.2 Å².